The lowest BCUT2D eigenvalue weighted by molar-refractivity contribution is -0.148. The molecule has 3 aromatic rings. The lowest BCUT2D eigenvalue weighted by atomic mass is 10.1. The molecule has 0 saturated carbocycles. The largest absolute Gasteiger partial charge is 0.482 e. The van der Waals surface area contributed by atoms with E-state index in [0.29, 0.717) is 16.3 Å². The lowest BCUT2D eigenvalue weighted by Gasteiger charge is -2.13. The number of carbonyl (C=O) groups excluding carboxylic acids is 2. The Morgan fingerprint density at radius 1 is 0.962 bits per heavy atom. The number of ketones is 1. The van der Waals surface area contributed by atoms with Crippen LogP contribution in [0.4, 0.5) is 0 Å². The Hall–Kier alpha value is -2.85. The van der Waals surface area contributed by atoms with Crippen molar-refractivity contribution in [1.82, 2.24) is 0 Å². The van der Waals surface area contributed by atoms with Gasteiger partial charge in [-0.1, -0.05) is 54.1 Å². The van der Waals surface area contributed by atoms with Crippen LogP contribution in [0.1, 0.15) is 17.3 Å². The molecule has 0 aliphatic carbocycles. The lowest BCUT2D eigenvalue weighted by Crippen LogP contribution is -2.27. The molecule has 0 radical (unpaired) electrons. The second-order valence-electron chi connectivity index (χ2n) is 5.80. The highest BCUT2D eigenvalue weighted by Gasteiger charge is 2.20. The summed E-state index contributed by atoms with van der Waals surface area (Å²) in [5.74, 6) is -0.359. The summed E-state index contributed by atoms with van der Waals surface area (Å²) in [6.45, 7) is 1.25. The smallest absolute Gasteiger partial charge is 0.344 e. The number of halogens is 1. The van der Waals surface area contributed by atoms with Gasteiger partial charge in [-0.25, -0.2) is 4.79 Å². The minimum absolute atomic E-state index is 0.272. The Balaban J connectivity index is 1.56. The van der Waals surface area contributed by atoms with Gasteiger partial charge in [-0.2, -0.15) is 0 Å². The van der Waals surface area contributed by atoms with Gasteiger partial charge < -0.3 is 9.47 Å². The predicted molar refractivity (Wildman–Crippen MR) is 101 cm³/mol. The Labute approximate surface area is 156 Å². The zero-order valence-corrected chi connectivity index (χ0v) is 14.9. The van der Waals surface area contributed by atoms with Crippen LogP contribution in [0.15, 0.2) is 66.7 Å². The average molecular weight is 369 g/mol. The van der Waals surface area contributed by atoms with Gasteiger partial charge in [0.05, 0.1) is 0 Å². The third-order valence-electron chi connectivity index (χ3n) is 3.86. The fraction of sp³-hybridized carbons (Fsp3) is 0.143. The number of benzene rings is 3. The van der Waals surface area contributed by atoms with Crippen LogP contribution < -0.4 is 4.74 Å². The molecule has 3 aromatic carbocycles. The van der Waals surface area contributed by atoms with Crippen molar-refractivity contribution in [3.63, 3.8) is 0 Å². The van der Waals surface area contributed by atoms with E-state index in [1.807, 2.05) is 36.4 Å². The average Bonchev–Trinajstić information content (AvgIpc) is 2.65. The summed E-state index contributed by atoms with van der Waals surface area (Å²) in [6, 6.07) is 19.9. The summed E-state index contributed by atoms with van der Waals surface area (Å²) in [5.41, 5.74) is 0.397. The quantitative estimate of drug-likeness (QED) is 0.468. The van der Waals surface area contributed by atoms with Crippen LogP contribution in [0.5, 0.6) is 5.75 Å². The molecule has 26 heavy (non-hydrogen) atoms. The van der Waals surface area contributed by atoms with Gasteiger partial charge in [0.25, 0.3) is 0 Å². The van der Waals surface area contributed by atoms with E-state index < -0.39 is 12.1 Å². The zero-order chi connectivity index (χ0) is 18.5. The van der Waals surface area contributed by atoms with Crippen LogP contribution in [0.25, 0.3) is 10.8 Å². The van der Waals surface area contributed by atoms with Crippen LogP contribution >= 0.6 is 11.6 Å². The van der Waals surface area contributed by atoms with Crippen molar-refractivity contribution in [3.8, 4) is 5.75 Å². The molecule has 5 heteroatoms. The minimum atomic E-state index is -0.916. The molecule has 0 aromatic heterocycles. The van der Waals surface area contributed by atoms with E-state index in [1.54, 1.807) is 30.3 Å². The van der Waals surface area contributed by atoms with Gasteiger partial charge in [0.15, 0.2) is 12.7 Å². The number of fused-ring (bicyclic) bond motifs is 1. The molecule has 0 heterocycles. The first kappa shape index (κ1) is 18.0. The molecule has 1 atom stereocenters. The van der Waals surface area contributed by atoms with Gasteiger partial charge >= 0.3 is 5.97 Å². The molecule has 0 fully saturated rings. The number of esters is 1. The van der Waals surface area contributed by atoms with E-state index in [1.165, 1.54) is 6.92 Å². The summed E-state index contributed by atoms with van der Waals surface area (Å²) in [5, 5.41) is 2.56. The summed E-state index contributed by atoms with van der Waals surface area (Å²) in [6.07, 6.45) is -0.916. The molecule has 0 unspecified atom stereocenters. The molecule has 0 aliphatic rings. The third-order valence-corrected chi connectivity index (χ3v) is 4.10. The first-order valence-corrected chi connectivity index (χ1v) is 8.51. The summed E-state index contributed by atoms with van der Waals surface area (Å²) in [4.78, 5) is 24.2. The van der Waals surface area contributed by atoms with Crippen molar-refractivity contribution >= 4 is 34.1 Å². The van der Waals surface area contributed by atoms with Crippen molar-refractivity contribution in [3.05, 3.63) is 77.3 Å². The topological polar surface area (TPSA) is 52.6 Å². The van der Waals surface area contributed by atoms with Crippen LogP contribution in [-0.2, 0) is 9.53 Å². The van der Waals surface area contributed by atoms with Crippen molar-refractivity contribution in [2.75, 3.05) is 6.61 Å². The van der Waals surface area contributed by atoms with E-state index in [0.717, 1.165) is 10.8 Å². The number of Topliss-reactive ketones (excluding diaryl/α,β-unsaturated/α-hetero) is 1. The fourth-order valence-corrected chi connectivity index (χ4v) is 2.75. The SMILES string of the molecule is C[C@@H](OC(=O)COc1ccc2ccccc2c1)C(=O)c1cccc(Cl)c1. The number of ether oxygens (including phenoxy) is 2. The van der Waals surface area contributed by atoms with E-state index in [-0.39, 0.29) is 12.4 Å². The highest BCUT2D eigenvalue weighted by Crippen LogP contribution is 2.20. The number of rotatable bonds is 6. The molecule has 0 spiro atoms. The number of carbonyl (C=O) groups is 2. The van der Waals surface area contributed by atoms with Gasteiger partial charge in [0.2, 0.25) is 5.78 Å². The van der Waals surface area contributed by atoms with Gasteiger partial charge in [0.1, 0.15) is 5.75 Å². The molecule has 0 N–H and O–H groups in total. The van der Waals surface area contributed by atoms with Gasteiger partial charge in [-0.3, -0.25) is 4.79 Å². The molecule has 0 saturated heterocycles. The summed E-state index contributed by atoms with van der Waals surface area (Å²) >= 11 is 5.88. The second kappa shape index (κ2) is 8.02. The van der Waals surface area contributed by atoms with Crippen molar-refractivity contribution in [1.29, 1.82) is 0 Å². The molecule has 0 amide bonds. The van der Waals surface area contributed by atoms with E-state index in [2.05, 4.69) is 0 Å². The Kier molecular flexibility index (Phi) is 5.54. The summed E-state index contributed by atoms with van der Waals surface area (Å²) in [7, 11) is 0. The molecule has 0 bridgehead atoms. The molecular formula is C21H17ClO4. The summed E-state index contributed by atoms with van der Waals surface area (Å²) < 4.78 is 10.6. The maximum Gasteiger partial charge on any atom is 0.344 e. The maximum atomic E-state index is 12.3. The standard InChI is InChI=1S/C21H17ClO4/c1-14(21(24)17-7-4-8-18(22)11-17)26-20(23)13-25-19-10-9-15-5-2-3-6-16(15)12-19/h2-12,14H,13H2,1H3/t14-/m1/s1. The van der Waals surface area contributed by atoms with Crippen LogP contribution in [0, 0.1) is 0 Å². The second-order valence-corrected chi connectivity index (χ2v) is 6.24. The number of hydrogen-bond acceptors (Lipinski definition) is 4. The van der Waals surface area contributed by atoms with Gasteiger partial charge in [-0.05, 0) is 42.0 Å². The van der Waals surface area contributed by atoms with Gasteiger partial charge in [0, 0.05) is 10.6 Å². The van der Waals surface area contributed by atoms with Gasteiger partial charge in [-0.15, -0.1) is 0 Å². The van der Waals surface area contributed by atoms with Crippen LogP contribution in [-0.4, -0.2) is 24.5 Å². The zero-order valence-electron chi connectivity index (χ0n) is 14.1. The minimum Gasteiger partial charge on any atom is -0.482 e. The Morgan fingerprint density at radius 3 is 2.50 bits per heavy atom. The molecule has 0 aliphatic heterocycles. The van der Waals surface area contributed by atoms with E-state index in [9.17, 15) is 9.59 Å². The van der Waals surface area contributed by atoms with Crippen molar-refractivity contribution in [2.45, 2.75) is 13.0 Å². The fourth-order valence-electron chi connectivity index (χ4n) is 2.56. The van der Waals surface area contributed by atoms with E-state index >= 15 is 0 Å². The molecule has 132 valence electrons. The van der Waals surface area contributed by atoms with Crippen LogP contribution in [0.2, 0.25) is 5.02 Å². The Morgan fingerprint density at radius 2 is 1.73 bits per heavy atom. The highest BCUT2D eigenvalue weighted by molar-refractivity contribution is 6.31. The predicted octanol–water partition coefficient (Wildman–Crippen LogP) is 4.69. The van der Waals surface area contributed by atoms with Crippen LogP contribution in [0.3, 0.4) is 0 Å². The third kappa shape index (κ3) is 4.41. The van der Waals surface area contributed by atoms with E-state index in [4.69, 9.17) is 21.1 Å². The highest BCUT2D eigenvalue weighted by atomic mass is 35.5. The monoisotopic (exact) mass is 368 g/mol. The molecule has 3 rings (SSSR count). The van der Waals surface area contributed by atoms with Crippen molar-refractivity contribution < 1.29 is 19.1 Å². The number of hydrogen-bond donors (Lipinski definition) is 0. The first-order chi connectivity index (χ1) is 12.5. The Bertz CT molecular complexity index is 951. The first-order valence-electron chi connectivity index (χ1n) is 8.14. The molecular weight excluding hydrogens is 352 g/mol. The van der Waals surface area contributed by atoms with Crippen molar-refractivity contribution in [2.24, 2.45) is 0 Å². The maximum absolute atomic E-state index is 12.3. The molecule has 4 nitrogen and oxygen atoms in total. The normalized spacial score (nSPS) is 11.8.